The molecular formula is C16H20ClN3O. The van der Waals surface area contributed by atoms with Crippen molar-refractivity contribution in [3.05, 3.63) is 46.8 Å². The highest BCUT2D eigenvalue weighted by atomic mass is 35.5. The summed E-state index contributed by atoms with van der Waals surface area (Å²) in [6.07, 6.45) is 3.69. The van der Waals surface area contributed by atoms with Crippen molar-refractivity contribution in [3.8, 4) is 0 Å². The van der Waals surface area contributed by atoms with Crippen molar-refractivity contribution >= 4 is 23.2 Å². The average molecular weight is 306 g/mol. The van der Waals surface area contributed by atoms with Crippen molar-refractivity contribution in [2.24, 2.45) is 0 Å². The van der Waals surface area contributed by atoms with Crippen molar-refractivity contribution in [2.45, 2.75) is 34.4 Å². The Balaban J connectivity index is 2.46. The molecule has 0 unspecified atom stereocenters. The van der Waals surface area contributed by atoms with Gasteiger partial charge in [0.05, 0.1) is 11.9 Å². The zero-order valence-corrected chi connectivity index (χ0v) is 13.6. The minimum atomic E-state index is -0.124. The molecule has 1 aromatic heterocycles. The maximum atomic E-state index is 12.3. The van der Waals surface area contributed by atoms with E-state index >= 15 is 0 Å². The van der Waals surface area contributed by atoms with Crippen molar-refractivity contribution in [2.75, 3.05) is 10.8 Å². The lowest BCUT2D eigenvalue weighted by molar-refractivity contribution is -0.116. The molecule has 112 valence electrons. The van der Waals surface area contributed by atoms with Gasteiger partial charge in [-0.3, -0.25) is 14.4 Å². The van der Waals surface area contributed by atoms with E-state index in [1.165, 1.54) is 0 Å². The number of carbonyl (C=O) groups is 1. The molecular weight excluding hydrogens is 286 g/mol. The summed E-state index contributed by atoms with van der Waals surface area (Å²) in [7, 11) is 0. The molecule has 0 spiro atoms. The monoisotopic (exact) mass is 305 g/mol. The fourth-order valence-electron chi connectivity index (χ4n) is 2.39. The quantitative estimate of drug-likeness (QED) is 0.813. The van der Waals surface area contributed by atoms with Crippen molar-refractivity contribution in [1.29, 1.82) is 0 Å². The van der Waals surface area contributed by atoms with Crippen LogP contribution in [0.5, 0.6) is 0 Å². The molecule has 0 N–H and O–H groups in total. The Hall–Kier alpha value is -1.81. The first-order valence-corrected chi connectivity index (χ1v) is 7.39. The largest absolute Gasteiger partial charge is 0.291 e. The Morgan fingerprint density at radius 3 is 2.48 bits per heavy atom. The molecule has 5 heteroatoms. The number of benzene rings is 1. The van der Waals surface area contributed by atoms with Gasteiger partial charge in [-0.2, -0.15) is 5.10 Å². The molecule has 1 aromatic carbocycles. The van der Waals surface area contributed by atoms with Crippen LogP contribution in [0.2, 0.25) is 0 Å². The van der Waals surface area contributed by atoms with E-state index in [9.17, 15) is 4.79 Å². The molecule has 0 saturated carbocycles. The molecule has 0 radical (unpaired) electrons. The Bertz CT molecular complexity index is 664. The molecule has 0 aliphatic carbocycles. The highest BCUT2D eigenvalue weighted by Crippen LogP contribution is 2.28. The molecule has 4 nitrogen and oxygen atoms in total. The predicted octanol–water partition coefficient (Wildman–Crippen LogP) is 3.35. The lowest BCUT2D eigenvalue weighted by atomic mass is 10.0. The van der Waals surface area contributed by atoms with Crippen LogP contribution in [0.4, 0.5) is 5.69 Å². The van der Waals surface area contributed by atoms with Gasteiger partial charge in [-0.1, -0.05) is 12.1 Å². The van der Waals surface area contributed by atoms with Crippen LogP contribution < -0.4 is 4.90 Å². The summed E-state index contributed by atoms with van der Waals surface area (Å²) in [6.45, 7) is 8.41. The topological polar surface area (TPSA) is 38.1 Å². The fourth-order valence-corrected chi connectivity index (χ4v) is 2.53. The molecule has 0 atom stereocenters. The van der Waals surface area contributed by atoms with Crippen LogP contribution in [0.1, 0.15) is 22.3 Å². The van der Waals surface area contributed by atoms with E-state index < -0.39 is 0 Å². The molecule has 1 heterocycles. The summed E-state index contributed by atoms with van der Waals surface area (Å²) >= 11 is 5.79. The normalized spacial score (nSPS) is 10.7. The second kappa shape index (κ2) is 6.31. The third kappa shape index (κ3) is 3.27. The van der Waals surface area contributed by atoms with Gasteiger partial charge < -0.3 is 0 Å². The van der Waals surface area contributed by atoms with Gasteiger partial charge in [-0.25, -0.2) is 0 Å². The molecule has 2 aromatic rings. The van der Waals surface area contributed by atoms with E-state index in [2.05, 4.69) is 11.2 Å². The summed E-state index contributed by atoms with van der Waals surface area (Å²) in [4.78, 5) is 14.0. The average Bonchev–Trinajstić information content (AvgIpc) is 2.86. The fraction of sp³-hybridized carbons (Fsp3) is 0.375. The second-order valence-corrected chi connectivity index (χ2v) is 5.59. The van der Waals surface area contributed by atoms with Crippen LogP contribution >= 0.6 is 11.6 Å². The summed E-state index contributed by atoms with van der Waals surface area (Å²) in [6, 6.07) is 4.09. The van der Waals surface area contributed by atoms with Gasteiger partial charge in [0.2, 0.25) is 5.91 Å². The molecule has 0 bridgehead atoms. The standard InChI is InChI=1S/C16H20ClN3O/c1-11-8-18-19(9-11)10-20(15(21)7-17)16-13(3)6-5-12(2)14(16)4/h5-6,8-9H,7,10H2,1-4H3. The molecule has 0 saturated heterocycles. The number of rotatable bonds is 4. The number of aryl methyl sites for hydroxylation is 3. The van der Waals surface area contributed by atoms with Gasteiger partial charge in [0.15, 0.2) is 0 Å². The number of alkyl halides is 1. The first-order chi connectivity index (χ1) is 9.93. The third-order valence-corrected chi connectivity index (χ3v) is 3.87. The minimum Gasteiger partial charge on any atom is -0.291 e. The van der Waals surface area contributed by atoms with Crippen molar-refractivity contribution < 1.29 is 4.79 Å². The maximum absolute atomic E-state index is 12.3. The minimum absolute atomic E-state index is 0.0485. The number of carbonyl (C=O) groups excluding carboxylic acids is 1. The number of hydrogen-bond donors (Lipinski definition) is 0. The van der Waals surface area contributed by atoms with E-state index in [0.29, 0.717) is 6.67 Å². The third-order valence-electron chi connectivity index (χ3n) is 3.64. The number of aromatic nitrogens is 2. The van der Waals surface area contributed by atoms with Gasteiger partial charge in [-0.05, 0) is 49.9 Å². The number of hydrogen-bond acceptors (Lipinski definition) is 2. The lowest BCUT2D eigenvalue weighted by Crippen LogP contribution is -2.35. The molecule has 0 aliphatic rings. The van der Waals surface area contributed by atoms with Crippen LogP contribution in [0, 0.1) is 27.7 Å². The van der Waals surface area contributed by atoms with E-state index in [1.807, 2.05) is 40.0 Å². The Morgan fingerprint density at radius 1 is 1.24 bits per heavy atom. The van der Waals surface area contributed by atoms with E-state index in [1.54, 1.807) is 15.8 Å². The zero-order chi connectivity index (χ0) is 15.6. The highest BCUT2D eigenvalue weighted by Gasteiger charge is 2.20. The number of nitrogens with zero attached hydrogens (tertiary/aromatic N) is 3. The summed E-state index contributed by atoms with van der Waals surface area (Å²) < 4.78 is 1.75. The summed E-state index contributed by atoms with van der Waals surface area (Å²) in [5.74, 6) is -0.172. The van der Waals surface area contributed by atoms with E-state index in [0.717, 1.165) is 27.9 Å². The lowest BCUT2D eigenvalue weighted by Gasteiger charge is -2.26. The zero-order valence-electron chi connectivity index (χ0n) is 12.9. The number of amides is 1. The predicted molar refractivity (Wildman–Crippen MR) is 85.8 cm³/mol. The Morgan fingerprint density at radius 2 is 1.90 bits per heavy atom. The smallest absolute Gasteiger partial charge is 0.243 e. The van der Waals surface area contributed by atoms with Gasteiger partial charge in [0.25, 0.3) is 0 Å². The molecule has 0 aliphatic heterocycles. The molecule has 21 heavy (non-hydrogen) atoms. The second-order valence-electron chi connectivity index (χ2n) is 5.33. The summed E-state index contributed by atoms with van der Waals surface area (Å²) in [5.41, 5.74) is 5.29. The van der Waals surface area contributed by atoms with Crippen molar-refractivity contribution in [1.82, 2.24) is 9.78 Å². The Labute approximate surface area is 130 Å². The van der Waals surface area contributed by atoms with Crippen LogP contribution in [0.15, 0.2) is 24.5 Å². The molecule has 0 fully saturated rings. The SMILES string of the molecule is Cc1cnn(CN(C(=O)CCl)c2c(C)ccc(C)c2C)c1. The molecule has 1 amide bonds. The van der Waals surface area contributed by atoms with Crippen molar-refractivity contribution in [3.63, 3.8) is 0 Å². The van der Waals surface area contributed by atoms with Gasteiger partial charge in [0.1, 0.15) is 12.5 Å². The van der Waals surface area contributed by atoms with Gasteiger partial charge in [-0.15, -0.1) is 11.6 Å². The van der Waals surface area contributed by atoms with E-state index in [4.69, 9.17) is 11.6 Å². The first kappa shape index (κ1) is 15.6. The van der Waals surface area contributed by atoms with E-state index in [-0.39, 0.29) is 11.8 Å². The first-order valence-electron chi connectivity index (χ1n) is 6.86. The summed E-state index contributed by atoms with van der Waals surface area (Å²) in [5, 5.41) is 4.26. The van der Waals surface area contributed by atoms with Crippen LogP contribution in [-0.4, -0.2) is 21.6 Å². The maximum Gasteiger partial charge on any atom is 0.243 e. The number of anilines is 1. The van der Waals surface area contributed by atoms with Crippen LogP contribution in [0.3, 0.4) is 0 Å². The highest BCUT2D eigenvalue weighted by molar-refractivity contribution is 6.29. The number of halogens is 1. The molecule has 2 rings (SSSR count). The van der Waals surface area contributed by atoms with Crippen LogP contribution in [0.25, 0.3) is 0 Å². The Kier molecular flexibility index (Phi) is 4.68. The van der Waals surface area contributed by atoms with Gasteiger partial charge in [0, 0.05) is 6.20 Å². The van der Waals surface area contributed by atoms with Crippen LogP contribution in [-0.2, 0) is 11.5 Å². The van der Waals surface area contributed by atoms with Gasteiger partial charge >= 0.3 is 0 Å².